The standard InChI is InChI=1S/C20H31NO/c1-19-10-8-14(22)12-13(19)4-5-15-16-6-7-18(21-3)20(16,2)11-9-17(15)19/h4,8,10,14-18,21-22H,5-7,9,11-12H2,1-3H3/t14-,15-,16-,17-,18-,19-,20-/m0/s1. The van der Waals surface area contributed by atoms with Crippen molar-refractivity contribution in [3.05, 3.63) is 23.8 Å². The zero-order valence-electron chi connectivity index (χ0n) is 14.3. The minimum absolute atomic E-state index is 0.210. The molecule has 2 fully saturated rings. The third-order valence-electron chi connectivity index (χ3n) is 7.98. The lowest BCUT2D eigenvalue weighted by Gasteiger charge is -2.56. The van der Waals surface area contributed by atoms with Gasteiger partial charge in [0.25, 0.3) is 0 Å². The summed E-state index contributed by atoms with van der Waals surface area (Å²) in [6, 6.07) is 0.709. The van der Waals surface area contributed by atoms with Gasteiger partial charge in [0.15, 0.2) is 0 Å². The highest BCUT2D eigenvalue weighted by Gasteiger charge is 2.57. The summed E-state index contributed by atoms with van der Waals surface area (Å²) >= 11 is 0. The van der Waals surface area contributed by atoms with Crippen LogP contribution in [-0.2, 0) is 0 Å². The summed E-state index contributed by atoms with van der Waals surface area (Å²) in [7, 11) is 2.15. The molecule has 7 atom stereocenters. The zero-order valence-corrected chi connectivity index (χ0v) is 14.3. The Balaban J connectivity index is 1.68. The topological polar surface area (TPSA) is 32.3 Å². The van der Waals surface area contributed by atoms with Gasteiger partial charge in [-0.2, -0.15) is 0 Å². The quantitative estimate of drug-likeness (QED) is 0.724. The van der Waals surface area contributed by atoms with Gasteiger partial charge in [-0.15, -0.1) is 0 Å². The monoisotopic (exact) mass is 301 g/mol. The Morgan fingerprint density at radius 1 is 1.18 bits per heavy atom. The van der Waals surface area contributed by atoms with Crippen LogP contribution < -0.4 is 5.32 Å². The lowest BCUT2D eigenvalue weighted by Crippen LogP contribution is -2.52. The van der Waals surface area contributed by atoms with Crippen molar-refractivity contribution in [1.82, 2.24) is 5.32 Å². The van der Waals surface area contributed by atoms with E-state index in [1.807, 2.05) is 0 Å². The Bertz CT molecular complexity index is 524. The van der Waals surface area contributed by atoms with E-state index in [-0.39, 0.29) is 11.5 Å². The number of hydrogen-bond donors (Lipinski definition) is 2. The molecule has 0 bridgehead atoms. The van der Waals surface area contributed by atoms with Crippen molar-refractivity contribution in [2.24, 2.45) is 28.6 Å². The molecule has 0 aliphatic heterocycles. The molecule has 0 unspecified atom stereocenters. The first-order valence-electron chi connectivity index (χ1n) is 9.23. The molecule has 4 aliphatic rings. The fraction of sp³-hybridized carbons (Fsp3) is 0.800. The fourth-order valence-corrected chi connectivity index (χ4v) is 6.71. The molecule has 4 aliphatic carbocycles. The molecule has 0 amide bonds. The highest BCUT2D eigenvalue weighted by Crippen LogP contribution is 2.63. The van der Waals surface area contributed by atoms with E-state index in [0.717, 1.165) is 24.2 Å². The molecule has 0 aromatic rings. The van der Waals surface area contributed by atoms with Crippen molar-refractivity contribution in [2.45, 2.75) is 64.5 Å². The van der Waals surface area contributed by atoms with E-state index in [9.17, 15) is 5.11 Å². The van der Waals surface area contributed by atoms with Gasteiger partial charge in [0.2, 0.25) is 0 Å². The normalized spacial score (nSPS) is 53.5. The molecule has 2 heteroatoms. The van der Waals surface area contributed by atoms with Crippen LogP contribution in [0.4, 0.5) is 0 Å². The first-order chi connectivity index (χ1) is 10.5. The molecular weight excluding hydrogens is 270 g/mol. The first-order valence-corrected chi connectivity index (χ1v) is 9.23. The van der Waals surface area contributed by atoms with Crippen LogP contribution >= 0.6 is 0 Å². The number of aliphatic hydroxyl groups is 1. The lowest BCUT2D eigenvalue weighted by molar-refractivity contribution is -0.0151. The number of hydrogen-bond acceptors (Lipinski definition) is 2. The zero-order chi connectivity index (χ0) is 15.5. The van der Waals surface area contributed by atoms with Crippen LogP contribution in [0.5, 0.6) is 0 Å². The van der Waals surface area contributed by atoms with Crippen molar-refractivity contribution in [1.29, 1.82) is 0 Å². The maximum absolute atomic E-state index is 9.98. The van der Waals surface area contributed by atoms with Crippen molar-refractivity contribution in [3.8, 4) is 0 Å². The molecule has 2 N–H and O–H groups in total. The fourth-order valence-electron chi connectivity index (χ4n) is 6.71. The summed E-state index contributed by atoms with van der Waals surface area (Å²) < 4.78 is 0. The average Bonchev–Trinajstić information content (AvgIpc) is 2.84. The predicted molar refractivity (Wildman–Crippen MR) is 90.5 cm³/mol. The van der Waals surface area contributed by atoms with E-state index >= 15 is 0 Å². The average molecular weight is 301 g/mol. The largest absolute Gasteiger partial charge is 0.389 e. The van der Waals surface area contributed by atoms with Crippen LogP contribution in [0.2, 0.25) is 0 Å². The lowest BCUT2D eigenvalue weighted by atomic mass is 9.49. The van der Waals surface area contributed by atoms with Gasteiger partial charge in [0, 0.05) is 11.5 Å². The minimum Gasteiger partial charge on any atom is -0.389 e. The second kappa shape index (κ2) is 4.95. The maximum Gasteiger partial charge on any atom is 0.0758 e. The van der Waals surface area contributed by atoms with E-state index in [0.29, 0.717) is 11.5 Å². The highest BCUT2D eigenvalue weighted by atomic mass is 16.3. The number of rotatable bonds is 1. The number of allylic oxidation sites excluding steroid dienone is 2. The Morgan fingerprint density at radius 3 is 2.77 bits per heavy atom. The van der Waals surface area contributed by atoms with E-state index < -0.39 is 0 Å². The summed E-state index contributed by atoms with van der Waals surface area (Å²) in [5, 5.41) is 13.6. The molecule has 0 heterocycles. The van der Waals surface area contributed by atoms with Gasteiger partial charge >= 0.3 is 0 Å². The molecule has 4 rings (SSSR count). The summed E-state index contributed by atoms with van der Waals surface area (Å²) in [5.74, 6) is 2.49. The highest BCUT2D eigenvalue weighted by molar-refractivity contribution is 5.32. The van der Waals surface area contributed by atoms with Gasteiger partial charge in [-0.25, -0.2) is 0 Å². The van der Waals surface area contributed by atoms with Crippen LogP contribution in [0, 0.1) is 28.6 Å². The van der Waals surface area contributed by atoms with Gasteiger partial charge in [0.05, 0.1) is 6.10 Å². The van der Waals surface area contributed by atoms with Gasteiger partial charge in [-0.05, 0) is 68.7 Å². The molecule has 0 aromatic heterocycles. The molecule has 122 valence electrons. The molecule has 2 saturated carbocycles. The smallest absolute Gasteiger partial charge is 0.0758 e. The predicted octanol–water partition coefficient (Wildman–Crippen LogP) is 3.67. The second-order valence-corrected chi connectivity index (χ2v) is 8.72. The summed E-state index contributed by atoms with van der Waals surface area (Å²) in [6.07, 6.45) is 14.2. The SMILES string of the molecule is CN[C@H]1CC[C@H]2[C@@H]3CC=C4C[C@@H](O)C=C[C@]4(C)[C@H]3CC[C@]12C. The van der Waals surface area contributed by atoms with Gasteiger partial charge in [-0.3, -0.25) is 0 Å². The van der Waals surface area contributed by atoms with E-state index in [1.54, 1.807) is 0 Å². The van der Waals surface area contributed by atoms with Crippen LogP contribution in [0.3, 0.4) is 0 Å². The summed E-state index contributed by atoms with van der Waals surface area (Å²) in [6.45, 7) is 4.98. The van der Waals surface area contributed by atoms with Crippen LogP contribution in [-0.4, -0.2) is 24.3 Å². The third kappa shape index (κ3) is 1.86. The van der Waals surface area contributed by atoms with Crippen LogP contribution in [0.1, 0.15) is 52.4 Å². The first kappa shape index (κ1) is 15.0. The molecule has 0 aromatic carbocycles. The maximum atomic E-state index is 9.98. The number of aliphatic hydroxyl groups excluding tert-OH is 1. The molecule has 0 radical (unpaired) electrons. The summed E-state index contributed by atoms with van der Waals surface area (Å²) in [5.41, 5.74) is 2.21. The van der Waals surface area contributed by atoms with E-state index in [2.05, 4.69) is 44.4 Å². The van der Waals surface area contributed by atoms with E-state index in [4.69, 9.17) is 0 Å². The van der Waals surface area contributed by atoms with Crippen LogP contribution in [0.25, 0.3) is 0 Å². The van der Waals surface area contributed by atoms with Crippen molar-refractivity contribution in [2.75, 3.05) is 7.05 Å². The van der Waals surface area contributed by atoms with Gasteiger partial charge < -0.3 is 10.4 Å². The van der Waals surface area contributed by atoms with Crippen molar-refractivity contribution >= 4 is 0 Å². The number of fused-ring (bicyclic) bond motifs is 5. The number of nitrogens with one attached hydrogen (secondary N) is 1. The van der Waals surface area contributed by atoms with E-state index in [1.165, 1.54) is 37.7 Å². The Kier molecular flexibility index (Phi) is 3.36. The Labute approximate surface area is 135 Å². The molecule has 2 nitrogen and oxygen atoms in total. The molecule has 22 heavy (non-hydrogen) atoms. The molecule has 0 saturated heterocycles. The molecule has 0 spiro atoms. The van der Waals surface area contributed by atoms with Crippen molar-refractivity contribution in [3.63, 3.8) is 0 Å². The van der Waals surface area contributed by atoms with Gasteiger partial charge in [-0.1, -0.05) is 37.6 Å². The Hall–Kier alpha value is -0.600. The molecular formula is C20H31NO. The third-order valence-corrected chi connectivity index (χ3v) is 7.98. The second-order valence-electron chi connectivity index (χ2n) is 8.72. The summed E-state index contributed by atoms with van der Waals surface area (Å²) in [4.78, 5) is 0. The van der Waals surface area contributed by atoms with Gasteiger partial charge in [0.1, 0.15) is 0 Å². The van der Waals surface area contributed by atoms with Crippen LogP contribution in [0.15, 0.2) is 23.8 Å². The van der Waals surface area contributed by atoms with Crippen molar-refractivity contribution < 1.29 is 5.11 Å². The minimum atomic E-state index is -0.259. The Morgan fingerprint density at radius 2 is 2.00 bits per heavy atom.